The molecule has 1 aromatic heterocycles. The largest absolute Gasteiger partial charge is 0.369 e. The van der Waals surface area contributed by atoms with E-state index in [0.29, 0.717) is 23.9 Å². The van der Waals surface area contributed by atoms with Crippen molar-refractivity contribution in [3.05, 3.63) is 23.8 Å². The maximum Gasteiger partial charge on any atom is 0.201 e. The molecular weight excluding hydrogens is 248 g/mol. The van der Waals surface area contributed by atoms with Crippen molar-refractivity contribution in [3.8, 4) is 0 Å². The van der Waals surface area contributed by atoms with E-state index < -0.39 is 11.6 Å². The Morgan fingerprint density at radius 1 is 1.37 bits per heavy atom. The van der Waals surface area contributed by atoms with Crippen molar-refractivity contribution < 1.29 is 8.78 Å². The SMILES string of the molecule is CC1CCC(Cn2c(N)nc3ccc(F)c(F)c32)C1. The first kappa shape index (κ1) is 12.4. The third kappa shape index (κ3) is 2.07. The molecule has 19 heavy (non-hydrogen) atoms. The van der Waals surface area contributed by atoms with E-state index in [1.54, 1.807) is 4.57 Å². The van der Waals surface area contributed by atoms with Crippen LogP contribution in [0, 0.1) is 23.5 Å². The first-order valence-electron chi connectivity index (χ1n) is 6.66. The van der Waals surface area contributed by atoms with Crippen molar-refractivity contribution in [2.45, 2.75) is 32.7 Å². The second kappa shape index (κ2) is 4.47. The molecule has 3 rings (SSSR count). The van der Waals surface area contributed by atoms with Gasteiger partial charge >= 0.3 is 0 Å². The summed E-state index contributed by atoms with van der Waals surface area (Å²) < 4.78 is 28.9. The highest BCUT2D eigenvalue weighted by atomic mass is 19.2. The second-order valence-corrected chi connectivity index (χ2v) is 5.59. The summed E-state index contributed by atoms with van der Waals surface area (Å²) in [7, 11) is 0. The summed E-state index contributed by atoms with van der Waals surface area (Å²) in [6, 6.07) is 2.56. The molecule has 1 aromatic carbocycles. The summed E-state index contributed by atoms with van der Waals surface area (Å²) in [6.45, 7) is 2.84. The lowest BCUT2D eigenvalue weighted by Crippen LogP contribution is -2.11. The van der Waals surface area contributed by atoms with Crippen LogP contribution in [-0.2, 0) is 6.54 Å². The van der Waals surface area contributed by atoms with Gasteiger partial charge in [-0.3, -0.25) is 0 Å². The van der Waals surface area contributed by atoms with Gasteiger partial charge in [-0.2, -0.15) is 0 Å². The van der Waals surface area contributed by atoms with Crippen LogP contribution in [0.2, 0.25) is 0 Å². The van der Waals surface area contributed by atoms with Crippen molar-refractivity contribution in [2.24, 2.45) is 11.8 Å². The molecule has 0 bridgehead atoms. The normalized spacial score (nSPS) is 23.3. The summed E-state index contributed by atoms with van der Waals surface area (Å²) in [5, 5.41) is 0. The maximum absolute atomic E-state index is 13.9. The third-order valence-electron chi connectivity index (χ3n) is 4.07. The minimum Gasteiger partial charge on any atom is -0.369 e. The summed E-state index contributed by atoms with van der Waals surface area (Å²) >= 11 is 0. The van der Waals surface area contributed by atoms with Crippen molar-refractivity contribution in [1.29, 1.82) is 0 Å². The predicted octanol–water partition coefficient (Wildman–Crippen LogP) is 3.33. The zero-order valence-corrected chi connectivity index (χ0v) is 10.9. The van der Waals surface area contributed by atoms with E-state index in [-0.39, 0.29) is 11.5 Å². The summed E-state index contributed by atoms with van der Waals surface area (Å²) in [6.07, 6.45) is 3.40. The fourth-order valence-corrected chi connectivity index (χ4v) is 3.11. The number of aromatic nitrogens is 2. The molecule has 5 heteroatoms. The van der Waals surface area contributed by atoms with Crippen molar-refractivity contribution in [1.82, 2.24) is 9.55 Å². The minimum absolute atomic E-state index is 0.192. The van der Waals surface area contributed by atoms with E-state index in [4.69, 9.17) is 5.73 Å². The Kier molecular flexibility index (Phi) is 2.92. The highest BCUT2D eigenvalue weighted by Gasteiger charge is 2.24. The van der Waals surface area contributed by atoms with Gasteiger partial charge in [0.15, 0.2) is 11.6 Å². The highest BCUT2D eigenvalue weighted by Crippen LogP contribution is 2.33. The van der Waals surface area contributed by atoms with E-state index in [9.17, 15) is 8.78 Å². The number of imidazole rings is 1. The monoisotopic (exact) mass is 265 g/mol. The molecule has 0 spiro atoms. The van der Waals surface area contributed by atoms with E-state index >= 15 is 0 Å². The van der Waals surface area contributed by atoms with E-state index in [2.05, 4.69) is 11.9 Å². The molecule has 1 heterocycles. The highest BCUT2D eigenvalue weighted by molar-refractivity contribution is 5.79. The molecule has 0 aliphatic heterocycles. The number of benzene rings is 1. The summed E-state index contributed by atoms with van der Waals surface area (Å²) in [4.78, 5) is 4.11. The number of fused-ring (bicyclic) bond motifs is 1. The van der Waals surface area contributed by atoms with Gasteiger partial charge < -0.3 is 10.3 Å². The zero-order valence-electron chi connectivity index (χ0n) is 10.9. The zero-order chi connectivity index (χ0) is 13.6. The Labute approximate surface area is 110 Å². The molecule has 0 saturated heterocycles. The number of anilines is 1. The lowest BCUT2D eigenvalue weighted by atomic mass is 10.1. The molecule has 2 atom stereocenters. The van der Waals surface area contributed by atoms with Crippen molar-refractivity contribution in [3.63, 3.8) is 0 Å². The minimum atomic E-state index is -0.854. The van der Waals surface area contributed by atoms with Gasteiger partial charge in [-0.1, -0.05) is 13.3 Å². The van der Waals surface area contributed by atoms with Crippen LogP contribution in [-0.4, -0.2) is 9.55 Å². The molecule has 0 radical (unpaired) electrons. The number of halogens is 2. The molecule has 2 aromatic rings. The number of nitrogens with zero attached hydrogens (tertiary/aromatic N) is 2. The maximum atomic E-state index is 13.9. The number of hydrogen-bond donors (Lipinski definition) is 1. The van der Waals surface area contributed by atoms with Gasteiger partial charge in [0.05, 0.1) is 5.52 Å². The van der Waals surface area contributed by atoms with E-state index in [0.717, 1.165) is 18.9 Å². The Bertz CT molecular complexity index is 621. The molecule has 1 saturated carbocycles. The van der Waals surface area contributed by atoms with E-state index in [1.165, 1.54) is 12.5 Å². The van der Waals surface area contributed by atoms with Crippen molar-refractivity contribution >= 4 is 17.0 Å². The average Bonchev–Trinajstić information content (AvgIpc) is 2.90. The molecule has 0 amide bonds. The lowest BCUT2D eigenvalue weighted by Gasteiger charge is -2.13. The van der Waals surface area contributed by atoms with Gasteiger partial charge in [0.25, 0.3) is 0 Å². The molecule has 102 valence electrons. The number of hydrogen-bond acceptors (Lipinski definition) is 2. The van der Waals surface area contributed by atoms with Crippen LogP contribution < -0.4 is 5.73 Å². The topological polar surface area (TPSA) is 43.8 Å². The molecular formula is C14H17F2N3. The fourth-order valence-electron chi connectivity index (χ4n) is 3.11. The Morgan fingerprint density at radius 3 is 2.84 bits per heavy atom. The van der Waals surface area contributed by atoms with Crippen molar-refractivity contribution in [2.75, 3.05) is 5.73 Å². The van der Waals surface area contributed by atoms with Gasteiger partial charge in [0.1, 0.15) is 5.52 Å². The number of rotatable bonds is 2. The van der Waals surface area contributed by atoms with Crippen LogP contribution in [0.25, 0.3) is 11.0 Å². The molecule has 1 aliphatic carbocycles. The smallest absolute Gasteiger partial charge is 0.201 e. The first-order chi connectivity index (χ1) is 9.06. The molecule has 1 fully saturated rings. The first-order valence-corrected chi connectivity index (χ1v) is 6.66. The predicted molar refractivity (Wildman–Crippen MR) is 70.6 cm³/mol. The van der Waals surface area contributed by atoms with Gasteiger partial charge in [0.2, 0.25) is 5.95 Å². The number of nitrogen functional groups attached to an aromatic ring is 1. The van der Waals surface area contributed by atoms with Crippen LogP contribution in [0.4, 0.5) is 14.7 Å². The molecule has 1 aliphatic rings. The fraction of sp³-hybridized carbons (Fsp3) is 0.500. The standard InChI is InChI=1S/C14H17F2N3/c1-8-2-3-9(6-8)7-19-13-11(18-14(19)17)5-4-10(15)12(13)16/h4-5,8-9H,2-3,6-7H2,1H3,(H2,17,18). The van der Waals surface area contributed by atoms with Gasteiger partial charge in [0, 0.05) is 6.54 Å². The summed E-state index contributed by atoms with van der Waals surface area (Å²) in [5.74, 6) is -0.278. The van der Waals surface area contributed by atoms with Gasteiger partial charge in [-0.05, 0) is 36.8 Å². The molecule has 3 nitrogen and oxygen atoms in total. The van der Waals surface area contributed by atoms with Crippen LogP contribution in [0.3, 0.4) is 0 Å². The van der Waals surface area contributed by atoms with Crippen LogP contribution >= 0.6 is 0 Å². The van der Waals surface area contributed by atoms with Gasteiger partial charge in [-0.25, -0.2) is 13.8 Å². The Balaban J connectivity index is 2.02. The van der Waals surface area contributed by atoms with Gasteiger partial charge in [-0.15, -0.1) is 0 Å². The Morgan fingerprint density at radius 2 is 2.16 bits per heavy atom. The molecule has 2 N–H and O–H groups in total. The van der Waals surface area contributed by atoms with Crippen LogP contribution in [0.15, 0.2) is 12.1 Å². The Hall–Kier alpha value is -1.65. The van der Waals surface area contributed by atoms with Crippen LogP contribution in [0.5, 0.6) is 0 Å². The quantitative estimate of drug-likeness (QED) is 0.905. The van der Waals surface area contributed by atoms with E-state index in [1.807, 2.05) is 0 Å². The lowest BCUT2D eigenvalue weighted by molar-refractivity contribution is 0.444. The van der Waals surface area contributed by atoms with Crippen LogP contribution in [0.1, 0.15) is 26.2 Å². The average molecular weight is 265 g/mol. The summed E-state index contributed by atoms with van der Waals surface area (Å²) in [5.41, 5.74) is 6.46. The molecule has 2 unspecified atom stereocenters. The second-order valence-electron chi connectivity index (χ2n) is 5.59. The third-order valence-corrected chi connectivity index (χ3v) is 4.07. The number of nitrogens with two attached hydrogens (primary N) is 1.